The largest absolute Gasteiger partial charge is 0.455 e. The van der Waals surface area contributed by atoms with E-state index in [1.807, 2.05) is 60.3 Å². The third-order valence-electron chi connectivity index (χ3n) is 2.84. The summed E-state index contributed by atoms with van der Waals surface area (Å²) in [6.07, 6.45) is 1.16. The highest BCUT2D eigenvalue weighted by molar-refractivity contribution is 7.99. The Balaban J connectivity index is 1.92. The molecule has 0 atom stereocenters. The van der Waals surface area contributed by atoms with Crippen LogP contribution in [0.3, 0.4) is 0 Å². The zero-order valence-electron chi connectivity index (χ0n) is 11.8. The molecule has 0 aliphatic carbocycles. The summed E-state index contributed by atoms with van der Waals surface area (Å²) >= 11 is 1.98. The summed E-state index contributed by atoms with van der Waals surface area (Å²) in [5, 5.41) is 3.45. The van der Waals surface area contributed by atoms with Gasteiger partial charge in [0.05, 0.1) is 5.69 Å². The highest BCUT2D eigenvalue weighted by Gasteiger charge is 2.03. The Kier molecular flexibility index (Phi) is 6.32. The standard InChI is InChI=1S/C17H21NOS/c1-2-20-14-8-13-18-16-11-6-7-12-17(16)19-15-9-4-3-5-10-15/h3-7,9-12,18H,2,8,13-14H2,1H3. The quantitative estimate of drug-likeness (QED) is 0.688. The molecule has 0 heterocycles. The van der Waals surface area contributed by atoms with Crippen LogP contribution in [-0.4, -0.2) is 18.1 Å². The van der Waals surface area contributed by atoms with Crippen molar-refractivity contribution in [3.8, 4) is 11.5 Å². The van der Waals surface area contributed by atoms with Crippen molar-refractivity contribution in [2.45, 2.75) is 13.3 Å². The Labute approximate surface area is 125 Å². The van der Waals surface area contributed by atoms with Gasteiger partial charge in [-0.05, 0) is 42.2 Å². The summed E-state index contributed by atoms with van der Waals surface area (Å²) in [5.74, 6) is 4.13. The second-order valence-electron chi connectivity index (χ2n) is 4.39. The van der Waals surface area contributed by atoms with Crippen LogP contribution in [0.1, 0.15) is 13.3 Å². The van der Waals surface area contributed by atoms with Crippen LogP contribution in [0.4, 0.5) is 5.69 Å². The van der Waals surface area contributed by atoms with Gasteiger partial charge < -0.3 is 10.1 Å². The fourth-order valence-electron chi connectivity index (χ4n) is 1.86. The first-order valence-corrected chi connectivity index (χ1v) is 8.19. The van der Waals surface area contributed by atoms with Gasteiger partial charge in [0.15, 0.2) is 5.75 Å². The predicted octanol–water partition coefficient (Wildman–Crippen LogP) is 5.03. The van der Waals surface area contributed by atoms with Crippen LogP contribution in [0.15, 0.2) is 54.6 Å². The first kappa shape index (κ1) is 14.8. The molecule has 0 bridgehead atoms. The Morgan fingerprint density at radius 2 is 1.75 bits per heavy atom. The molecule has 106 valence electrons. The third-order valence-corrected chi connectivity index (χ3v) is 3.83. The lowest BCUT2D eigenvalue weighted by Gasteiger charge is -2.12. The molecule has 0 radical (unpaired) electrons. The van der Waals surface area contributed by atoms with E-state index in [1.54, 1.807) is 0 Å². The van der Waals surface area contributed by atoms with E-state index in [0.29, 0.717) is 0 Å². The minimum atomic E-state index is 0.864. The lowest BCUT2D eigenvalue weighted by molar-refractivity contribution is 0.484. The monoisotopic (exact) mass is 287 g/mol. The number of ether oxygens (including phenoxy) is 1. The molecule has 0 aliphatic rings. The summed E-state index contributed by atoms with van der Waals surface area (Å²) in [4.78, 5) is 0. The van der Waals surface area contributed by atoms with Gasteiger partial charge in [0, 0.05) is 6.54 Å². The van der Waals surface area contributed by atoms with Gasteiger partial charge in [0.25, 0.3) is 0 Å². The maximum Gasteiger partial charge on any atom is 0.150 e. The molecule has 0 fully saturated rings. The van der Waals surface area contributed by atoms with Crippen molar-refractivity contribution in [2.75, 3.05) is 23.4 Å². The van der Waals surface area contributed by atoms with Crippen molar-refractivity contribution >= 4 is 17.4 Å². The average molecular weight is 287 g/mol. The maximum atomic E-state index is 5.92. The van der Waals surface area contributed by atoms with Gasteiger partial charge in [0.1, 0.15) is 5.75 Å². The van der Waals surface area contributed by atoms with Crippen LogP contribution in [0.25, 0.3) is 0 Å². The van der Waals surface area contributed by atoms with Crippen molar-refractivity contribution in [1.82, 2.24) is 0 Å². The molecule has 0 saturated carbocycles. The number of hydrogen-bond donors (Lipinski definition) is 1. The number of rotatable bonds is 8. The second kappa shape index (κ2) is 8.54. The molecule has 2 aromatic rings. The SMILES string of the molecule is CCSCCCNc1ccccc1Oc1ccccc1. The Hall–Kier alpha value is -1.61. The van der Waals surface area contributed by atoms with Crippen molar-refractivity contribution in [3.05, 3.63) is 54.6 Å². The lowest BCUT2D eigenvalue weighted by atomic mass is 10.2. The minimum absolute atomic E-state index is 0.864. The summed E-state index contributed by atoms with van der Waals surface area (Å²) in [6.45, 7) is 3.17. The fraction of sp³-hybridized carbons (Fsp3) is 0.294. The molecule has 0 unspecified atom stereocenters. The summed E-state index contributed by atoms with van der Waals surface area (Å²) < 4.78 is 5.92. The van der Waals surface area contributed by atoms with E-state index in [1.165, 1.54) is 11.5 Å². The van der Waals surface area contributed by atoms with Crippen molar-refractivity contribution in [2.24, 2.45) is 0 Å². The highest BCUT2D eigenvalue weighted by atomic mass is 32.2. The fourth-order valence-corrected chi connectivity index (χ4v) is 2.50. The first-order valence-electron chi connectivity index (χ1n) is 7.03. The molecule has 2 aromatic carbocycles. The molecule has 2 nitrogen and oxygen atoms in total. The molecular weight excluding hydrogens is 266 g/mol. The van der Waals surface area contributed by atoms with Crippen molar-refractivity contribution in [3.63, 3.8) is 0 Å². The number of anilines is 1. The number of thioether (sulfide) groups is 1. The van der Waals surface area contributed by atoms with Crippen LogP contribution < -0.4 is 10.1 Å². The zero-order chi connectivity index (χ0) is 14.0. The van der Waals surface area contributed by atoms with Crippen molar-refractivity contribution < 1.29 is 4.74 Å². The van der Waals surface area contributed by atoms with Crippen LogP contribution >= 0.6 is 11.8 Å². The number of hydrogen-bond acceptors (Lipinski definition) is 3. The van der Waals surface area contributed by atoms with Gasteiger partial charge in [-0.1, -0.05) is 37.3 Å². The van der Waals surface area contributed by atoms with Crippen LogP contribution in [0.5, 0.6) is 11.5 Å². The van der Waals surface area contributed by atoms with E-state index >= 15 is 0 Å². The van der Waals surface area contributed by atoms with E-state index in [9.17, 15) is 0 Å². The normalized spacial score (nSPS) is 10.2. The van der Waals surface area contributed by atoms with Gasteiger partial charge >= 0.3 is 0 Å². The molecule has 0 aromatic heterocycles. The lowest BCUT2D eigenvalue weighted by Crippen LogP contribution is -2.04. The molecule has 1 N–H and O–H groups in total. The Bertz CT molecular complexity index is 501. The average Bonchev–Trinajstić information content (AvgIpc) is 2.50. The highest BCUT2D eigenvalue weighted by Crippen LogP contribution is 2.28. The topological polar surface area (TPSA) is 21.3 Å². The first-order chi connectivity index (χ1) is 9.90. The van der Waals surface area contributed by atoms with Crippen LogP contribution in [-0.2, 0) is 0 Å². The van der Waals surface area contributed by atoms with Crippen molar-refractivity contribution in [1.29, 1.82) is 0 Å². The van der Waals surface area contributed by atoms with Crippen LogP contribution in [0.2, 0.25) is 0 Å². The van der Waals surface area contributed by atoms with Gasteiger partial charge in [-0.3, -0.25) is 0 Å². The Morgan fingerprint density at radius 3 is 2.55 bits per heavy atom. The van der Waals surface area contributed by atoms with E-state index in [4.69, 9.17) is 4.74 Å². The minimum Gasteiger partial charge on any atom is -0.455 e. The molecule has 3 heteroatoms. The summed E-state index contributed by atoms with van der Waals surface area (Å²) in [5.41, 5.74) is 1.05. The van der Waals surface area contributed by atoms with E-state index < -0.39 is 0 Å². The Morgan fingerprint density at radius 1 is 1.00 bits per heavy atom. The second-order valence-corrected chi connectivity index (χ2v) is 5.78. The molecule has 0 amide bonds. The smallest absolute Gasteiger partial charge is 0.150 e. The molecule has 0 spiro atoms. The van der Waals surface area contributed by atoms with Gasteiger partial charge in [0.2, 0.25) is 0 Å². The number of nitrogens with one attached hydrogen (secondary N) is 1. The number of para-hydroxylation sites is 3. The predicted molar refractivity (Wildman–Crippen MR) is 89.1 cm³/mol. The van der Waals surface area contributed by atoms with E-state index in [0.717, 1.165) is 30.2 Å². The summed E-state index contributed by atoms with van der Waals surface area (Å²) in [6, 6.07) is 18.0. The van der Waals surface area contributed by atoms with Gasteiger partial charge in [-0.25, -0.2) is 0 Å². The molecule has 0 saturated heterocycles. The zero-order valence-corrected chi connectivity index (χ0v) is 12.7. The van der Waals surface area contributed by atoms with Gasteiger partial charge in [-0.15, -0.1) is 0 Å². The molecule has 20 heavy (non-hydrogen) atoms. The van der Waals surface area contributed by atoms with E-state index in [-0.39, 0.29) is 0 Å². The van der Waals surface area contributed by atoms with Gasteiger partial charge in [-0.2, -0.15) is 11.8 Å². The van der Waals surface area contributed by atoms with Crippen LogP contribution in [0, 0.1) is 0 Å². The van der Waals surface area contributed by atoms with E-state index in [2.05, 4.69) is 18.3 Å². The number of benzene rings is 2. The molecule has 0 aliphatic heterocycles. The molecular formula is C17H21NOS. The summed E-state index contributed by atoms with van der Waals surface area (Å²) in [7, 11) is 0. The third kappa shape index (κ3) is 4.82. The maximum absolute atomic E-state index is 5.92. The molecule has 2 rings (SSSR count).